The smallest absolute Gasteiger partial charge is 0.268 e. The highest BCUT2D eigenvalue weighted by Gasteiger charge is 2.25. The van der Waals surface area contributed by atoms with Crippen LogP contribution >= 0.6 is 0 Å². The summed E-state index contributed by atoms with van der Waals surface area (Å²) in [7, 11) is 0. The Hall–Kier alpha value is -2.34. The predicted octanol–water partition coefficient (Wildman–Crippen LogP) is 1.52. The van der Waals surface area contributed by atoms with E-state index in [-0.39, 0.29) is 30.4 Å². The van der Waals surface area contributed by atoms with Gasteiger partial charge in [0.25, 0.3) is 5.91 Å². The SMILES string of the molecule is CC(O)C1CCN(C(=O)CNC(=O)c2cc3ccccc3[nH]2)CC1. The van der Waals surface area contributed by atoms with Gasteiger partial charge in [-0.25, -0.2) is 0 Å². The fourth-order valence-corrected chi connectivity index (χ4v) is 3.19. The van der Waals surface area contributed by atoms with Crippen LogP contribution in [-0.4, -0.2) is 52.5 Å². The number of hydrogen-bond acceptors (Lipinski definition) is 3. The first-order valence-electron chi connectivity index (χ1n) is 8.36. The molecular weight excluding hydrogens is 306 g/mol. The second-order valence-electron chi connectivity index (χ2n) is 6.41. The van der Waals surface area contributed by atoms with Crippen molar-refractivity contribution in [2.24, 2.45) is 5.92 Å². The van der Waals surface area contributed by atoms with Crippen LogP contribution in [0.15, 0.2) is 30.3 Å². The Balaban J connectivity index is 1.52. The van der Waals surface area contributed by atoms with Gasteiger partial charge < -0.3 is 20.3 Å². The van der Waals surface area contributed by atoms with Crippen molar-refractivity contribution in [2.75, 3.05) is 19.6 Å². The number of aromatic amines is 1. The van der Waals surface area contributed by atoms with Crippen molar-refractivity contribution in [3.63, 3.8) is 0 Å². The van der Waals surface area contributed by atoms with Crippen LogP contribution in [0.3, 0.4) is 0 Å². The minimum Gasteiger partial charge on any atom is -0.393 e. The predicted molar refractivity (Wildman–Crippen MR) is 91.6 cm³/mol. The molecule has 6 nitrogen and oxygen atoms in total. The van der Waals surface area contributed by atoms with Gasteiger partial charge in [0.15, 0.2) is 0 Å². The Morgan fingerprint density at radius 2 is 2.04 bits per heavy atom. The monoisotopic (exact) mass is 329 g/mol. The van der Waals surface area contributed by atoms with Gasteiger partial charge in [-0.3, -0.25) is 9.59 Å². The van der Waals surface area contributed by atoms with Crippen LogP contribution in [0.1, 0.15) is 30.3 Å². The summed E-state index contributed by atoms with van der Waals surface area (Å²) >= 11 is 0. The van der Waals surface area contributed by atoms with Gasteiger partial charge in [-0.15, -0.1) is 0 Å². The molecule has 1 saturated heterocycles. The number of likely N-dealkylation sites (tertiary alicyclic amines) is 1. The third kappa shape index (κ3) is 3.59. The second-order valence-corrected chi connectivity index (χ2v) is 6.41. The van der Waals surface area contributed by atoms with E-state index in [0.29, 0.717) is 18.8 Å². The van der Waals surface area contributed by atoms with Gasteiger partial charge in [-0.2, -0.15) is 0 Å². The number of benzene rings is 1. The molecule has 6 heteroatoms. The highest BCUT2D eigenvalue weighted by atomic mass is 16.3. The molecular formula is C18H23N3O3. The number of carbonyl (C=O) groups is 2. The highest BCUT2D eigenvalue weighted by Crippen LogP contribution is 2.20. The molecule has 1 aliphatic heterocycles. The minimum atomic E-state index is -0.330. The molecule has 0 aliphatic carbocycles. The summed E-state index contributed by atoms with van der Waals surface area (Å²) in [6.07, 6.45) is 1.28. The number of aliphatic hydroxyl groups excluding tert-OH is 1. The maximum absolute atomic E-state index is 12.2. The summed E-state index contributed by atoms with van der Waals surface area (Å²) in [6.45, 7) is 3.06. The van der Waals surface area contributed by atoms with Crippen LogP contribution in [0.5, 0.6) is 0 Å². The summed E-state index contributed by atoms with van der Waals surface area (Å²) in [5, 5.41) is 13.2. The fraction of sp³-hybridized carbons (Fsp3) is 0.444. The number of fused-ring (bicyclic) bond motifs is 1. The number of carbonyl (C=O) groups excluding carboxylic acids is 2. The van der Waals surface area contributed by atoms with Crippen molar-refractivity contribution >= 4 is 22.7 Å². The highest BCUT2D eigenvalue weighted by molar-refractivity contribution is 5.99. The van der Waals surface area contributed by atoms with Crippen LogP contribution in [0, 0.1) is 5.92 Å². The molecule has 0 bridgehead atoms. The lowest BCUT2D eigenvalue weighted by Gasteiger charge is -2.33. The van der Waals surface area contributed by atoms with Crippen molar-refractivity contribution in [3.05, 3.63) is 36.0 Å². The van der Waals surface area contributed by atoms with E-state index in [4.69, 9.17) is 0 Å². The molecule has 0 radical (unpaired) electrons. The van der Waals surface area contributed by atoms with Crippen molar-refractivity contribution < 1.29 is 14.7 Å². The number of amides is 2. The van der Waals surface area contributed by atoms with Crippen molar-refractivity contribution in [1.82, 2.24) is 15.2 Å². The maximum atomic E-state index is 12.2. The summed E-state index contributed by atoms with van der Waals surface area (Å²) < 4.78 is 0. The van der Waals surface area contributed by atoms with E-state index in [1.54, 1.807) is 17.9 Å². The number of hydrogen-bond donors (Lipinski definition) is 3. The molecule has 1 aliphatic rings. The Morgan fingerprint density at radius 1 is 1.33 bits per heavy atom. The van der Waals surface area contributed by atoms with Crippen LogP contribution < -0.4 is 5.32 Å². The van der Waals surface area contributed by atoms with E-state index in [2.05, 4.69) is 10.3 Å². The Morgan fingerprint density at radius 3 is 2.71 bits per heavy atom. The first-order valence-corrected chi connectivity index (χ1v) is 8.36. The number of nitrogens with zero attached hydrogens (tertiary/aromatic N) is 1. The van der Waals surface area contributed by atoms with E-state index in [1.165, 1.54) is 0 Å². The molecule has 1 unspecified atom stereocenters. The Labute approximate surface area is 140 Å². The summed E-state index contributed by atoms with van der Waals surface area (Å²) in [4.78, 5) is 29.2. The van der Waals surface area contributed by atoms with Gasteiger partial charge in [0.1, 0.15) is 5.69 Å². The number of H-pyrrole nitrogens is 1. The van der Waals surface area contributed by atoms with Gasteiger partial charge in [0, 0.05) is 24.0 Å². The summed E-state index contributed by atoms with van der Waals surface area (Å²) in [5.74, 6) is -0.100. The van der Waals surface area contributed by atoms with Crippen LogP contribution in [-0.2, 0) is 4.79 Å². The van der Waals surface area contributed by atoms with Crippen molar-refractivity contribution in [2.45, 2.75) is 25.9 Å². The van der Waals surface area contributed by atoms with E-state index < -0.39 is 0 Å². The van der Waals surface area contributed by atoms with E-state index >= 15 is 0 Å². The third-order valence-electron chi connectivity index (χ3n) is 4.75. The van der Waals surface area contributed by atoms with E-state index in [9.17, 15) is 14.7 Å². The van der Waals surface area contributed by atoms with Crippen LogP contribution in [0.25, 0.3) is 10.9 Å². The quantitative estimate of drug-likeness (QED) is 0.795. The minimum absolute atomic E-state index is 0.00640. The molecule has 3 rings (SSSR count). The lowest BCUT2D eigenvalue weighted by atomic mass is 9.92. The molecule has 1 atom stereocenters. The zero-order valence-corrected chi connectivity index (χ0v) is 13.8. The van der Waals surface area contributed by atoms with Crippen LogP contribution in [0.4, 0.5) is 0 Å². The lowest BCUT2D eigenvalue weighted by molar-refractivity contribution is -0.132. The zero-order chi connectivity index (χ0) is 17.1. The molecule has 1 fully saturated rings. The van der Waals surface area contributed by atoms with Gasteiger partial charge in [0.05, 0.1) is 12.6 Å². The van der Waals surface area contributed by atoms with Crippen molar-refractivity contribution in [1.29, 1.82) is 0 Å². The number of nitrogens with one attached hydrogen (secondary N) is 2. The van der Waals surface area contributed by atoms with Gasteiger partial charge in [-0.05, 0) is 37.8 Å². The Kier molecular flexibility index (Phi) is 4.85. The first kappa shape index (κ1) is 16.5. The molecule has 128 valence electrons. The normalized spacial score (nSPS) is 17.0. The van der Waals surface area contributed by atoms with Gasteiger partial charge >= 0.3 is 0 Å². The fourth-order valence-electron chi connectivity index (χ4n) is 3.19. The number of aromatic nitrogens is 1. The molecule has 2 aromatic rings. The van der Waals surface area contributed by atoms with E-state index in [0.717, 1.165) is 23.7 Å². The lowest BCUT2D eigenvalue weighted by Crippen LogP contribution is -2.45. The molecule has 3 N–H and O–H groups in total. The van der Waals surface area contributed by atoms with Gasteiger partial charge in [-0.1, -0.05) is 18.2 Å². The molecule has 1 aromatic heterocycles. The molecule has 0 spiro atoms. The third-order valence-corrected chi connectivity index (χ3v) is 4.75. The standard InChI is InChI=1S/C18H23N3O3/c1-12(22)13-6-8-21(9-7-13)17(23)11-19-18(24)16-10-14-4-2-3-5-15(14)20-16/h2-5,10,12-13,20,22H,6-9,11H2,1H3,(H,19,24). The van der Waals surface area contributed by atoms with Crippen LogP contribution in [0.2, 0.25) is 0 Å². The van der Waals surface area contributed by atoms with E-state index in [1.807, 2.05) is 24.3 Å². The number of aliphatic hydroxyl groups is 1. The average Bonchev–Trinajstić information content (AvgIpc) is 3.03. The second kappa shape index (κ2) is 7.05. The molecule has 24 heavy (non-hydrogen) atoms. The number of piperidine rings is 1. The van der Waals surface area contributed by atoms with Crippen molar-refractivity contribution in [3.8, 4) is 0 Å². The molecule has 1 aromatic carbocycles. The molecule has 2 heterocycles. The average molecular weight is 329 g/mol. The maximum Gasteiger partial charge on any atom is 0.268 e. The summed E-state index contributed by atoms with van der Waals surface area (Å²) in [5.41, 5.74) is 1.35. The number of rotatable bonds is 4. The topological polar surface area (TPSA) is 85.4 Å². The Bertz CT molecular complexity index is 697. The summed E-state index contributed by atoms with van der Waals surface area (Å²) in [6, 6.07) is 9.44. The van der Waals surface area contributed by atoms with Gasteiger partial charge in [0.2, 0.25) is 5.91 Å². The number of para-hydroxylation sites is 1. The largest absolute Gasteiger partial charge is 0.393 e. The molecule has 2 amide bonds. The zero-order valence-electron chi connectivity index (χ0n) is 13.8. The molecule has 0 saturated carbocycles. The first-order chi connectivity index (χ1) is 11.5.